The van der Waals surface area contributed by atoms with Crippen LogP contribution in [0.1, 0.15) is 37.8 Å². The van der Waals surface area contributed by atoms with Crippen LogP contribution in [0.5, 0.6) is 0 Å². The van der Waals surface area contributed by atoms with Crippen molar-refractivity contribution in [2.45, 2.75) is 38.5 Å². The van der Waals surface area contributed by atoms with Crippen LogP contribution in [0.25, 0.3) is 11.1 Å². The molecule has 19 heavy (non-hydrogen) atoms. The molecule has 2 aromatic heterocycles. The lowest BCUT2D eigenvalue weighted by molar-refractivity contribution is 0.354. The molecule has 0 aromatic carbocycles. The maximum atomic E-state index is 6.02. The normalized spacial score (nSPS) is 16.6. The number of nitrogens with zero attached hydrogens (tertiary/aromatic N) is 2. The number of pyridine rings is 1. The van der Waals surface area contributed by atoms with Gasteiger partial charge in [0.25, 0.3) is 0 Å². The lowest BCUT2D eigenvalue weighted by atomic mass is 9.85. The predicted octanol–water partition coefficient (Wildman–Crippen LogP) is 3.18. The summed E-state index contributed by atoms with van der Waals surface area (Å²) in [6.45, 7) is 0. The van der Waals surface area contributed by atoms with E-state index in [4.69, 9.17) is 5.73 Å². The first-order valence-electron chi connectivity index (χ1n) is 7.07. The van der Waals surface area contributed by atoms with Crippen LogP contribution in [0.3, 0.4) is 0 Å². The maximum absolute atomic E-state index is 6.02. The second-order valence-corrected chi connectivity index (χ2v) is 5.41. The van der Waals surface area contributed by atoms with Gasteiger partial charge in [0.15, 0.2) is 5.82 Å². The van der Waals surface area contributed by atoms with E-state index in [9.17, 15) is 0 Å². The average Bonchev–Trinajstić information content (AvgIpc) is 2.82. The first kappa shape index (κ1) is 12.2. The van der Waals surface area contributed by atoms with Gasteiger partial charge in [0.2, 0.25) is 0 Å². The summed E-state index contributed by atoms with van der Waals surface area (Å²) in [6, 6.07) is 3.98. The molecule has 0 saturated heterocycles. The zero-order valence-corrected chi connectivity index (χ0v) is 11.1. The zero-order chi connectivity index (χ0) is 13.1. The third-order valence-corrected chi connectivity index (χ3v) is 4.06. The van der Waals surface area contributed by atoms with Crippen molar-refractivity contribution in [3.05, 3.63) is 30.2 Å². The minimum atomic E-state index is 0.594. The van der Waals surface area contributed by atoms with Gasteiger partial charge in [-0.05, 0) is 30.0 Å². The molecule has 3 N–H and O–H groups in total. The van der Waals surface area contributed by atoms with Crippen molar-refractivity contribution in [1.29, 1.82) is 0 Å². The van der Waals surface area contributed by atoms with E-state index in [0.717, 1.165) is 23.5 Å². The maximum Gasteiger partial charge on any atom is 0.153 e. The van der Waals surface area contributed by atoms with Gasteiger partial charge in [0.05, 0.1) is 0 Å². The molecule has 1 aliphatic rings. The molecule has 4 nitrogen and oxygen atoms in total. The number of hydrogen-bond acceptors (Lipinski definition) is 3. The lowest BCUT2D eigenvalue weighted by Gasteiger charge is -2.21. The molecule has 0 amide bonds. The highest BCUT2D eigenvalue weighted by Gasteiger charge is 2.19. The average molecular weight is 256 g/mol. The van der Waals surface area contributed by atoms with Crippen molar-refractivity contribution in [2.75, 3.05) is 5.73 Å². The first-order chi connectivity index (χ1) is 9.34. The van der Waals surface area contributed by atoms with Crippen molar-refractivity contribution in [3.8, 4) is 11.1 Å². The van der Waals surface area contributed by atoms with Gasteiger partial charge in [0.1, 0.15) is 0 Å². The van der Waals surface area contributed by atoms with Gasteiger partial charge in [-0.2, -0.15) is 5.10 Å². The van der Waals surface area contributed by atoms with Crippen LogP contribution < -0.4 is 5.73 Å². The van der Waals surface area contributed by atoms with E-state index in [-0.39, 0.29) is 0 Å². The summed E-state index contributed by atoms with van der Waals surface area (Å²) in [6.07, 6.45) is 11.4. The molecule has 0 aliphatic heterocycles. The number of nitrogen functional groups attached to an aromatic ring is 1. The van der Waals surface area contributed by atoms with E-state index in [1.807, 2.05) is 12.1 Å². The number of aromatic amines is 1. The number of nitrogens with one attached hydrogen (secondary N) is 1. The smallest absolute Gasteiger partial charge is 0.153 e. The Hall–Kier alpha value is -1.84. The first-order valence-corrected chi connectivity index (χ1v) is 7.07. The molecule has 100 valence electrons. The standard InChI is InChI=1S/C15H20N4/c16-15-14(12-6-8-17-9-7-12)13(18-19-15)10-11-4-2-1-3-5-11/h6-9,11H,1-5,10H2,(H3,16,18,19). The predicted molar refractivity (Wildman–Crippen MR) is 76.5 cm³/mol. The van der Waals surface area contributed by atoms with E-state index in [1.54, 1.807) is 12.4 Å². The highest BCUT2D eigenvalue weighted by molar-refractivity contribution is 5.75. The monoisotopic (exact) mass is 256 g/mol. The van der Waals surface area contributed by atoms with Crippen LogP contribution in [0.2, 0.25) is 0 Å². The van der Waals surface area contributed by atoms with Crippen LogP contribution in [0.15, 0.2) is 24.5 Å². The quantitative estimate of drug-likeness (QED) is 0.886. The molecule has 2 aromatic rings. The molecule has 0 unspecified atom stereocenters. The van der Waals surface area contributed by atoms with Crippen LogP contribution >= 0.6 is 0 Å². The molecule has 3 rings (SSSR count). The highest BCUT2D eigenvalue weighted by Crippen LogP contribution is 2.32. The second kappa shape index (κ2) is 5.43. The Morgan fingerprint density at radius 2 is 1.89 bits per heavy atom. The van der Waals surface area contributed by atoms with Gasteiger partial charge in [-0.25, -0.2) is 0 Å². The number of hydrogen-bond donors (Lipinski definition) is 2. The molecule has 1 aliphatic carbocycles. The fraction of sp³-hybridized carbons (Fsp3) is 0.467. The van der Waals surface area contributed by atoms with E-state index >= 15 is 0 Å². The highest BCUT2D eigenvalue weighted by atomic mass is 15.2. The van der Waals surface area contributed by atoms with Crippen LogP contribution in [-0.2, 0) is 6.42 Å². The molecular weight excluding hydrogens is 236 g/mol. The van der Waals surface area contributed by atoms with Crippen molar-refractivity contribution in [1.82, 2.24) is 15.2 Å². The van der Waals surface area contributed by atoms with Crippen molar-refractivity contribution < 1.29 is 0 Å². The number of rotatable bonds is 3. The Labute approximate surface area is 113 Å². The molecule has 0 spiro atoms. The molecular formula is C15H20N4. The summed E-state index contributed by atoms with van der Waals surface area (Å²) in [4.78, 5) is 4.06. The summed E-state index contributed by atoms with van der Waals surface area (Å²) in [5.74, 6) is 1.37. The minimum absolute atomic E-state index is 0.594. The fourth-order valence-corrected chi connectivity index (χ4v) is 3.06. The van der Waals surface area contributed by atoms with Gasteiger partial charge in [-0.1, -0.05) is 32.1 Å². The Morgan fingerprint density at radius 3 is 2.63 bits per heavy atom. The summed E-state index contributed by atoms with van der Waals surface area (Å²) >= 11 is 0. The van der Waals surface area contributed by atoms with Gasteiger partial charge < -0.3 is 5.73 Å². The van der Waals surface area contributed by atoms with Gasteiger partial charge in [0, 0.05) is 23.7 Å². The SMILES string of the molecule is Nc1n[nH]c(CC2CCCCC2)c1-c1ccncc1. The summed E-state index contributed by atoms with van der Waals surface area (Å²) in [5.41, 5.74) is 9.36. The molecule has 0 atom stereocenters. The van der Waals surface area contributed by atoms with E-state index in [2.05, 4.69) is 15.2 Å². The Balaban J connectivity index is 1.86. The molecule has 1 fully saturated rings. The summed E-state index contributed by atoms with van der Waals surface area (Å²) in [5, 5.41) is 7.32. The zero-order valence-electron chi connectivity index (χ0n) is 11.1. The largest absolute Gasteiger partial charge is 0.382 e. The Morgan fingerprint density at radius 1 is 1.16 bits per heavy atom. The second-order valence-electron chi connectivity index (χ2n) is 5.41. The fourth-order valence-electron chi connectivity index (χ4n) is 3.06. The number of nitrogens with two attached hydrogens (primary N) is 1. The molecule has 0 radical (unpaired) electrons. The van der Waals surface area contributed by atoms with Crippen LogP contribution in [0, 0.1) is 5.92 Å². The molecule has 0 bridgehead atoms. The molecule has 4 heteroatoms. The van der Waals surface area contributed by atoms with E-state index < -0.39 is 0 Å². The van der Waals surface area contributed by atoms with Crippen molar-refractivity contribution in [2.24, 2.45) is 5.92 Å². The Bertz CT molecular complexity index is 526. The summed E-state index contributed by atoms with van der Waals surface area (Å²) in [7, 11) is 0. The molecule has 1 saturated carbocycles. The molecule has 2 heterocycles. The Kier molecular flexibility index (Phi) is 3.49. The van der Waals surface area contributed by atoms with Gasteiger partial charge in [-0.3, -0.25) is 10.1 Å². The van der Waals surface area contributed by atoms with Crippen LogP contribution in [-0.4, -0.2) is 15.2 Å². The lowest BCUT2D eigenvalue weighted by Crippen LogP contribution is -2.10. The number of aromatic nitrogens is 3. The van der Waals surface area contributed by atoms with Crippen molar-refractivity contribution >= 4 is 5.82 Å². The minimum Gasteiger partial charge on any atom is -0.382 e. The summed E-state index contributed by atoms with van der Waals surface area (Å²) < 4.78 is 0. The van der Waals surface area contributed by atoms with Crippen molar-refractivity contribution in [3.63, 3.8) is 0 Å². The van der Waals surface area contributed by atoms with Gasteiger partial charge >= 0.3 is 0 Å². The van der Waals surface area contributed by atoms with Crippen LogP contribution in [0.4, 0.5) is 5.82 Å². The number of H-pyrrole nitrogens is 1. The third kappa shape index (κ3) is 2.62. The topological polar surface area (TPSA) is 67.6 Å². The van der Waals surface area contributed by atoms with E-state index in [1.165, 1.54) is 37.8 Å². The van der Waals surface area contributed by atoms with E-state index in [0.29, 0.717) is 5.82 Å². The third-order valence-electron chi connectivity index (χ3n) is 4.06. The number of anilines is 1. The van der Waals surface area contributed by atoms with Gasteiger partial charge in [-0.15, -0.1) is 0 Å².